The van der Waals surface area contributed by atoms with E-state index in [-0.39, 0.29) is 5.82 Å². The van der Waals surface area contributed by atoms with Gasteiger partial charge in [0, 0.05) is 18.3 Å². The quantitative estimate of drug-likeness (QED) is 0.693. The van der Waals surface area contributed by atoms with Crippen molar-refractivity contribution in [3.8, 4) is 0 Å². The van der Waals surface area contributed by atoms with Crippen LogP contribution in [-0.2, 0) is 0 Å². The van der Waals surface area contributed by atoms with E-state index in [0.29, 0.717) is 5.56 Å². The summed E-state index contributed by atoms with van der Waals surface area (Å²) < 4.78 is 13.8. The molecule has 0 saturated carbocycles. The van der Waals surface area contributed by atoms with Gasteiger partial charge in [0.2, 0.25) is 0 Å². The molecule has 0 N–H and O–H groups in total. The van der Waals surface area contributed by atoms with Gasteiger partial charge in [0.25, 0.3) is 0 Å². The molecule has 0 amide bonds. The molecular weight excluding hydrogens is 201 g/mol. The summed E-state index contributed by atoms with van der Waals surface area (Å²) in [6, 6.07) is 5.26. The van der Waals surface area contributed by atoms with Gasteiger partial charge in [-0.15, -0.1) is 0 Å². The molecule has 82 valence electrons. The van der Waals surface area contributed by atoms with Gasteiger partial charge in [-0.25, -0.2) is 4.39 Å². The first-order chi connectivity index (χ1) is 7.59. The van der Waals surface area contributed by atoms with E-state index in [1.165, 1.54) is 0 Å². The molecule has 1 aromatic rings. The van der Waals surface area contributed by atoms with Gasteiger partial charge in [0.15, 0.2) is 0 Å². The van der Waals surface area contributed by atoms with E-state index in [0.717, 1.165) is 17.0 Å². The van der Waals surface area contributed by atoms with Crippen LogP contribution in [-0.4, -0.2) is 11.9 Å². The Balaban J connectivity index is 2.48. The summed E-state index contributed by atoms with van der Waals surface area (Å²) in [5, 5.41) is 0. The minimum atomic E-state index is -0.193. The summed E-state index contributed by atoms with van der Waals surface area (Å²) in [4.78, 5) is 1.88. The third-order valence-corrected chi connectivity index (χ3v) is 2.74. The number of nitrogens with zero attached hydrogens (tertiary/aromatic N) is 1. The first-order valence-electron chi connectivity index (χ1n) is 5.17. The van der Waals surface area contributed by atoms with Crippen LogP contribution in [0.2, 0.25) is 0 Å². The third kappa shape index (κ3) is 1.78. The fourth-order valence-electron chi connectivity index (χ4n) is 1.73. The lowest BCUT2D eigenvalue weighted by atomic mass is 10.1. The van der Waals surface area contributed by atoms with Crippen molar-refractivity contribution in [2.75, 3.05) is 7.05 Å². The highest BCUT2D eigenvalue weighted by Gasteiger charge is 2.14. The zero-order chi connectivity index (χ0) is 11.7. The maximum absolute atomic E-state index is 13.8. The van der Waals surface area contributed by atoms with E-state index in [1.54, 1.807) is 12.1 Å². The van der Waals surface area contributed by atoms with Gasteiger partial charge in [-0.05, 0) is 36.8 Å². The monoisotopic (exact) mass is 215 g/mol. The summed E-state index contributed by atoms with van der Waals surface area (Å²) in [5.41, 5.74) is 3.23. The predicted molar refractivity (Wildman–Crippen MR) is 65.2 cm³/mol. The Morgan fingerprint density at radius 2 is 2.06 bits per heavy atom. The smallest absolute Gasteiger partial charge is 0.132 e. The number of likely N-dealkylation sites (N-methyl/N-ethyl adjacent to an activating group) is 1. The molecule has 0 aromatic heterocycles. The molecule has 0 saturated heterocycles. The standard InChI is InChI=1S/C14H14FN/c1-10-7-8-12(13(15)9-10)14-6-4-5-11(2)16(14)3/h4-9H,2H2,1,3H3. The van der Waals surface area contributed by atoms with Crippen LogP contribution in [0.4, 0.5) is 4.39 Å². The van der Waals surface area contributed by atoms with Gasteiger partial charge in [-0.2, -0.15) is 0 Å². The SMILES string of the molecule is C=C1C=CC=C(c2ccc(C)cc2F)N1C. The Bertz CT molecular complexity index is 497. The van der Waals surface area contributed by atoms with Crippen LogP contribution in [0.1, 0.15) is 11.1 Å². The normalized spacial score (nSPS) is 15.3. The molecule has 0 unspecified atom stereocenters. The van der Waals surface area contributed by atoms with Crippen LogP contribution in [0.3, 0.4) is 0 Å². The largest absolute Gasteiger partial charge is 0.345 e. The van der Waals surface area contributed by atoms with Crippen LogP contribution in [0.5, 0.6) is 0 Å². The van der Waals surface area contributed by atoms with Gasteiger partial charge in [-0.3, -0.25) is 0 Å². The molecule has 16 heavy (non-hydrogen) atoms. The molecular formula is C14H14FN. The number of halogens is 1. The average molecular weight is 215 g/mol. The Morgan fingerprint density at radius 1 is 1.31 bits per heavy atom. The second kappa shape index (κ2) is 3.97. The molecule has 0 fully saturated rings. The highest BCUT2D eigenvalue weighted by Crippen LogP contribution is 2.27. The number of benzene rings is 1. The molecule has 1 aliphatic heterocycles. The molecule has 2 heteroatoms. The summed E-state index contributed by atoms with van der Waals surface area (Å²) in [6.45, 7) is 5.77. The number of aryl methyl sites for hydroxylation is 1. The highest BCUT2D eigenvalue weighted by atomic mass is 19.1. The lowest BCUT2D eigenvalue weighted by Gasteiger charge is -2.26. The molecule has 0 radical (unpaired) electrons. The number of allylic oxidation sites excluding steroid dienone is 3. The van der Waals surface area contributed by atoms with Crippen LogP contribution in [0.25, 0.3) is 5.70 Å². The zero-order valence-corrected chi connectivity index (χ0v) is 9.50. The zero-order valence-electron chi connectivity index (χ0n) is 9.50. The van der Waals surface area contributed by atoms with Crippen LogP contribution < -0.4 is 0 Å². The Kier molecular flexibility index (Phi) is 2.65. The van der Waals surface area contributed by atoms with Crippen LogP contribution in [0, 0.1) is 12.7 Å². The molecule has 1 aromatic carbocycles. The lowest BCUT2D eigenvalue weighted by Crippen LogP contribution is -2.17. The third-order valence-electron chi connectivity index (χ3n) is 2.74. The summed E-state index contributed by atoms with van der Waals surface area (Å²) in [6.07, 6.45) is 5.68. The Morgan fingerprint density at radius 3 is 2.75 bits per heavy atom. The number of hydrogen-bond donors (Lipinski definition) is 0. The molecule has 1 nitrogen and oxygen atoms in total. The minimum absolute atomic E-state index is 0.193. The van der Waals surface area contributed by atoms with E-state index < -0.39 is 0 Å². The molecule has 1 aliphatic rings. The van der Waals surface area contributed by atoms with Crippen molar-refractivity contribution in [2.45, 2.75) is 6.92 Å². The van der Waals surface area contributed by atoms with Crippen molar-refractivity contribution >= 4 is 5.70 Å². The van der Waals surface area contributed by atoms with E-state index in [2.05, 4.69) is 6.58 Å². The van der Waals surface area contributed by atoms with E-state index in [1.807, 2.05) is 43.2 Å². The summed E-state index contributed by atoms with van der Waals surface area (Å²) in [5.74, 6) is -0.193. The second-order valence-electron chi connectivity index (χ2n) is 3.94. The maximum Gasteiger partial charge on any atom is 0.132 e. The van der Waals surface area contributed by atoms with Gasteiger partial charge < -0.3 is 4.90 Å². The molecule has 0 spiro atoms. The molecule has 0 atom stereocenters. The minimum Gasteiger partial charge on any atom is -0.345 e. The summed E-state index contributed by atoms with van der Waals surface area (Å²) in [7, 11) is 1.89. The van der Waals surface area contributed by atoms with Gasteiger partial charge >= 0.3 is 0 Å². The Hall–Kier alpha value is -1.83. The van der Waals surface area contributed by atoms with Crippen LogP contribution in [0.15, 0.2) is 48.7 Å². The van der Waals surface area contributed by atoms with Crippen molar-refractivity contribution in [2.24, 2.45) is 0 Å². The van der Waals surface area contributed by atoms with Gasteiger partial charge in [0.05, 0.1) is 5.70 Å². The van der Waals surface area contributed by atoms with Crippen molar-refractivity contribution in [3.63, 3.8) is 0 Å². The van der Waals surface area contributed by atoms with E-state index >= 15 is 0 Å². The molecule has 1 heterocycles. The summed E-state index contributed by atoms with van der Waals surface area (Å²) >= 11 is 0. The van der Waals surface area contributed by atoms with Crippen molar-refractivity contribution in [1.29, 1.82) is 0 Å². The van der Waals surface area contributed by atoms with Crippen molar-refractivity contribution in [1.82, 2.24) is 4.90 Å². The molecule has 0 bridgehead atoms. The number of rotatable bonds is 1. The Labute approximate surface area is 95.2 Å². The van der Waals surface area contributed by atoms with Gasteiger partial charge in [-0.1, -0.05) is 18.7 Å². The predicted octanol–water partition coefficient (Wildman–Crippen LogP) is 3.49. The fraction of sp³-hybridized carbons (Fsp3) is 0.143. The van der Waals surface area contributed by atoms with Crippen molar-refractivity contribution < 1.29 is 4.39 Å². The van der Waals surface area contributed by atoms with E-state index in [9.17, 15) is 4.39 Å². The first kappa shape index (κ1) is 10.7. The van der Waals surface area contributed by atoms with Crippen LogP contribution >= 0.6 is 0 Å². The van der Waals surface area contributed by atoms with Gasteiger partial charge in [0.1, 0.15) is 5.82 Å². The topological polar surface area (TPSA) is 3.24 Å². The molecule has 0 aliphatic carbocycles. The lowest BCUT2D eigenvalue weighted by molar-refractivity contribution is 0.586. The fourth-order valence-corrected chi connectivity index (χ4v) is 1.73. The van der Waals surface area contributed by atoms with E-state index in [4.69, 9.17) is 0 Å². The first-order valence-corrected chi connectivity index (χ1v) is 5.17. The molecule has 2 rings (SSSR count). The number of hydrogen-bond acceptors (Lipinski definition) is 1. The second-order valence-corrected chi connectivity index (χ2v) is 3.94. The highest BCUT2D eigenvalue weighted by molar-refractivity contribution is 5.69. The maximum atomic E-state index is 13.8. The van der Waals surface area contributed by atoms with Crippen molar-refractivity contribution in [3.05, 3.63) is 65.6 Å². The average Bonchev–Trinajstić information content (AvgIpc) is 2.23.